The number of hydrogen-bond acceptors (Lipinski definition) is 5. The molecule has 0 saturated heterocycles. The lowest BCUT2D eigenvalue weighted by atomic mass is 10.1. The van der Waals surface area contributed by atoms with E-state index in [-0.39, 0.29) is 11.8 Å². The molecule has 4 aromatic rings. The largest absolute Gasteiger partial charge is 0.435 e. The van der Waals surface area contributed by atoms with E-state index < -0.39 is 80.3 Å². The number of pyridine rings is 1. The monoisotopic (exact) mass is 538 g/mol. The van der Waals surface area contributed by atoms with Crippen molar-refractivity contribution in [1.82, 2.24) is 15.0 Å². The lowest BCUT2D eigenvalue weighted by molar-refractivity contribution is -0.140. The van der Waals surface area contributed by atoms with Crippen LogP contribution in [0, 0.1) is 29.1 Å². The lowest BCUT2D eigenvalue weighted by Crippen LogP contribution is -2.40. The van der Waals surface area contributed by atoms with Crippen LogP contribution in [0.1, 0.15) is 26.4 Å². The Kier molecular flexibility index (Phi) is 6.89. The molecular weight excluding hydrogens is 528 g/mol. The van der Waals surface area contributed by atoms with E-state index in [1.165, 1.54) is 0 Å². The maximum Gasteiger partial charge on any atom is 0.435 e. The SMILES string of the molecule is O=C(c1c(F)cccc1F)N(C(=O)c1c(F)cccc1F)c1cnc(-c2cncc(F)c2)nc1C(F)(F)F. The van der Waals surface area contributed by atoms with Crippen molar-refractivity contribution in [2.75, 3.05) is 4.90 Å². The van der Waals surface area contributed by atoms with Crippen molar-refractivity contribution in [2.45, 2.75) is 6.18 Å². The molecule has 2 aromatic heterocycles. The summed E-state index contributed by atoms with van der Waals surface area (Å²) in [4.78, 5) is 36.2. The lowest BCUT2D eigenvalue weighted by Gasteiger charge is -2.24. The smallest absolute Gasteiger partial charge is 0.268 e. The summed E-state index contributed by atoms with van der Waals surface area (Å²) in [5.74, 6) is -12.1. The predicted molar refractivity (Wildman–Crippen MR) is 114 cm³/mol. The second-order valence-electron chi connectivity index (χ2n) is 7.46. The molecule has 0 N–H and O–H groups in total. The molecule has 0 unspecified atom stereocenters. The van der Waals surface area contributed by atoms with Crippen molar-refractivity contribution in [1.29, 1.82) is 0 Å². The van der Waals surface area contributed by atoms with Gasteiger partial charge in [0.1, 0.15) is 45.9 Å². The first-order valence-corrected chi connectivity index (χ1v) is 10.2. The van der Waals surface area contributed by atoms with Crippen LogP contribution in [0.3, 0.4) is 0 Å². The number of nitrogens with zero attached hydrogens (tertiary/aromatic N) is 4. The average Bonchev–Trinajstić information content (AvgIpc) is 2.83. The van der Waals surface area contributed by atoms with Crippen LogP contribution in [0.25, 0.3) is 11.4 Å². The second kappa shape index (κ2) is 9.95. The topological polar surface area (TPSA) is 76.1 Å². The van der Waals surface area contributed by atoms with Crippen LogP contribution >= 0.6 is 0 Å². The number of benzene rings is 2. The summed E-state index contributed by atoms with van der Waals surface area (Å²) in [5.41, 5.74) is -6.85. The molecule has 0 radical (unpaired) electrons. The van der Waals surface area contributed by atoms with Crippen molar-refractivity contribution < 1.29 is 44.7 Å². The minimum atomic E-state index is -5.46. The van der Waals surface area contributed by atoms with Crippen molar-refractivity contribution in [3.63, 3.8) is 0 Å². The van der Waals surface area contributed by atoms with Crippen molar-refractivity contribution in [3.05, 3.63) is 107 Å². The molecule has 0 aliphatic carbocycles. The highest BCUT2D eigenvalue weighted by atomic mass is 19.4. The summed E-state index contributed by atoms with van der Waals surface area (Å²) in [6.07, 6.45) is -3.54. The van der Waals surface area contributed by atoms with Crippen LogP contribution in [-0.4, -0.2) is 26.8 Å². The Labute approximate surface area is 207 Å². The molecule has 14 heteroatoms. The third-order valence-electron chi connectivity index (χ3n) is 5.00. The number of halogens is 8. The van der Waals surface area contributed by atoms with E-state index in [1.807, 2.05) is 0 Å². The van der Waals surface area contributed by atoms with Gasteiger partial charge in [0.15, 0.2) is 11.5 Å². The summed E-state index contributed by atoms with van der Waals surface area (Å²) >= 11 is 0. The first-order valence-electron chi connectivity index (χ1n) is 10.2. The van der Waals surface area contributed by atoms with Gasteiger partial charge in [-0.1, -0.05) is 12.1 Å². The van der Waals surface area contributed by atoms with E-state index in [2.05, 4.69) is 15.0 Å². The summed E-state index contributed by atoms with van der Waals surface area (Å²) in [6.45, 7) is 0. The maximum absolute atomic E-state index is 14.4. The van der Waals surface area contributed by atoms with Crippen LogP contribution in [0.5, 0.6) is 0 Å². The molecular formula is C24H10F8N4O2. The van der Waals surface area contributed by atoms with E-state index in [0.717, 1.165) is 30.6 Å². The van der Waals surface area contributed by atoms with Gasteiger partial charge in [-0.3, -0.25) is 14.6 Å². The number of aromatic nitrogens is 3. The molecule has 2 aromatic carbocycles. The van der Waals surface area contributed by atoms with Gasteiger partial charge < -0.3 is 0 Å². The van der Waals surface area contributed by atoms with E-state index in [4.69, 9.17) is 0 Å². The van der Waals surface area contributed by atoms with Gasteiger partial charge in [0.05, 0.1) is 12.4 Å². The van der Waals surface area contributed by atoms with E-state index >= 15 is 0 Å². The quantitative estimate of drug-likeness (QED) is 0.245. The number of imide groups is 1. The molecule has 0 saturated carbocycles. The fraction of sp³-hybridized carbons (Fsp3) is 0.0417. The van der Waals surface area contributed by atoms with Gasteiger partial charge in [-0.2, -0.15) is 13.2 Å². The van der Waals surface area contributed by atoms with E-state index in [1.54, 1.807) is 0 Å². The first-order chi connectivity index (χ1) is 17.9. The molecule has 0 bridgehead atoms. The number of rotatable bonds is 4. The molecule has 194 valence electrons. The van der Waals surface area contributed by atoms with Crippen molar-refractivity contribution >= 4 is 17.5 Å². The van der Waals surface area contributed by atoms with E-state index in [9.17, 15) is 44.7 Å². The number of carbonyl (C=O) groups excluding carboxylic acids is 2. The zero-order chi connectivity index (χ0) is 27.8. The molecule has 0 aliphatic heterocycles. The summed E-state index contributed by atoms with van der Waals surface area (Å²) in [6, 6.07) is 4.69. The Morgan fingerprint density at radius 2 is 1.24 bits per heavy atom. The van der Waals surface area contributed by atoms with Crippen molar-refractivity contribution in [2.24, 2.45) is 0 Å². The van der Waals surface area contributed by atoms with Gasteiger partial charge in [-0.05, 0) is 30.3 Å². The molecule has 4 rings (SSSR count). The number of alkyl halides is 3. The highest BCUT2D eigenvalue weighted by molar-refractivity contribution is 6.26. The van der Waals surface area contributed by atoms with Gasteiger partial charge in [0.25, 0.3) is 11.8 Å². The fourth-order valence-electron chi connectivity index (χ4n) is 3.36. The molecule has 0 fully saturated rings. The standard InChI is InChI=1S/C24H10F8N4O2/c25-12-7-11(8-33-9-12)21-34-10-17(20(35-21)24(30,31)32)36(22(37)18-13(26)3-1-4-14(18)27)23(38)19-15(28)5-2-6-16(19)29/h1-10H. The van der Waals surface area contributed by atoms with Crippen LogP contribution in [0.4, 0.5) is 40.8 Å². The highest BCUT2D eigenvalue weighted by Crippen LogP contribution is 2.38. The third kappa shape index (κ3) is 4.92. The predicted octanol–water partition coefficient (Wildman–Crippen LogP) is 5.74. The fourth-order valence-corrected chi connectivity index (χ4v) is 3.36. The molecule has 6 nitrogen and oxygen atoms in total. The van der Waals surface area contributed by atoms with Gasteiger partial charge >= 0.3 is 6.18 Å². The molecule has 2 amide bonds. The third-order valence-corrected chi connectivity index (χ3v) is 5.00. The summed E-state index contributed by atoms with van der Waals surface area (Å²) in [5, 5.41) is 0. The molecule has 0 aliphatic rings. The average molecular weight is 538 g/mol. The Hall–Kier alpha value is -4.75. The van der Waals surface area contributed by atoms with Gasteiger partial charge in [-0.25, -0.2) is 36.8 Å². The number of amides is 2. The van der Waals surface area contributed by atoms with Gasteiger partial charge in [0.2, 0.25) is 0 Å². The van der Waals surface area contributed by atoms with Gasteiger partial charge in [-0.15, -0.1) is 0 Å². The summed E-state index contributed by atoms with van der Waals surface area (Å²) in [7, 11) is 0. The summed E-state index contributed by atoms with van der Waals surface area (Å²) < 4.78 is 114. The van der Waals surface area contributed by atoms with Crippen LogP contribution in [0.2, 0.25) is 0 Å². The number of anilines is 1. The van der Waals surface area contributed by atoms with Crippen LogP contribution < -0.4 is 4.90 Å². The maximum atomic E-state index is 14.4. The zero-order valence-electron chi connectivity index (χ0n) is 18.4. The number of carbonyl (C=O) groups is 2. The minimum absolute atomic E-state index is 0.267. The minimum Gasteiger partial charge on any atom is -0.268 e. The molecule has 38 heavy (non-hydrogen) atoms. The Bertz CT molecular complexity index is 1470. The van der Waals surface area contributed by atoms with Crippen molar-refractivity contribution in [3.8, 4) is 11.4 Å². The Morgan fingerprint density at radius 1 is 0.737 bits per heavy atom. The molecule has 0 atom stereocenters. The van der Waals surface area contributed by atoms with Crippen LogP contribution in [0.15, 0.2) is 61.1 Å². The normalized spacial score (nSPS) is 11.4. The van der Waals surface area contributed by atoms with Crippen LogP contribution in [-0.2, 0) is 6.18 Å². The number of hydrogen-bond donors (Lipinski definition) is 0. The Morgan fingerprint density at radius 3 is 1.68 bits per heavy atom. The highest BCUT2D eigenvalue weighted by Gasteiger charge is 2.43. The second-order valence-corrected chi connectivity index (χ2v) is 7.46. The molecule has 0 spiro atoms. The zero-order valence-corrected chi connectivity index (χ0v) is 18.4. The van der Waals surface area contributed by atoms with Gasteiger partial charge in [0, 0.05) is 11.8 Å². The van der Waals surface area contributed by atoms with E-state index in [0.29, 0.717) is 24.3 Å². The Balaban J connectivity index is 2.00. The molecule has 2 heterocycles. The first kappa shape index (κ1) is 26.3.